The Kier molecular flexibility index (Phi) is 6.43. The Morgan fingerprint density at radius 3 is 2.39 bits per heavy atom. The predicted molar refractivity (Wildman–Crippen MR) is 143 cm³/mol. The maximum absolute atomic E-state index is 13.9. The zero-order valence-electron chi connectivity index (χ0n) is 21.0. The Hall–Kier alpha value is -4.90. The number of benzene rings is 3. The van der Waals surface area contributed by atoms with Crippen molar-refractivity contribution >= 4 is 17.2 Å². The van der Waals surface area contributed by atoms with Crippen molar-refractivity contribution in [2.24, 2.45) is 5.73 Å². The molecule has 8 heteroatoms. The van der Waals surface area contributed by atoms with Gasteiger partial charge in [0.05, 0.1) is 35.3 Å². The highest BCUT2D eigenvalue weighted by atomic mass is 16.6. The lowest BCUT2D eigenvalue weighted by molar-refractivity contribution is -0.384. The van der Waals surface area contributed by atoms with Gasteiger partial charge in [-0.2, -0.15) is 5.26 Å². The molecular formula is C30H26N4O4. The van der Waals surface area contributed by atoms with Crippen LogP contribution in [0, 0.1) is 28.4 Å². The Bertz CT molecular complexity index is 1530. The highest BCUT2D eigenvalue weighted by Gasteiger charge is 2.43. The Morgan fingerprint density at radius 1 is 1.05 bits per heavy atom. The minimum atomic E-state index is -0.652. The molecule has 0 saturated heterocycles. The first-order chi connectivity index (χ1) is 18.3. The zero-order chi connectivity index (χ0) is 27.0. The maximum Gasteiger partial charge on any atom is 0.271 e. The molecule has 190 valence electrons. The van der Waals surface area contributed by atoms with Gasteiger partial charge in [0.1, 0.15) is 11.6 Å². The van der Waals surface area contributed by atoms with Crippen LogP contribution in [0.3, 0.4) is 0 Å². The van der Waals surface area contributed by atoms with Crippen molar-refractivity contribution in [2.75, 3.05) is 12.0 Å². The SMILES string of the molecule is COc1ccc([C@@H]2C(C#N)=C(N)N(c3cc([N+](=O)[O-])ccc3C)C3=C2C(=O)C[C@H](c2ccccc2)C3)cc1. The Labute approximate surface area is 220 Å². The minimum absolute atomic E-state index is 0.0748. The van der Waals surface area contributed by atoms with Crippen LogP contribution in [0.1, 0.15) is 41.4 Å². The van der Waals surface area contributed by atoms with Gasteiger partial charge in [0, 0.05) is 29.8 Å². The number of aryl methyl sites for hydroxylation is 1. The summed E-state index contributed by atoms with van der Waals surface area (Å²) >= 11 is 0. The number of non-ortho nitro benzene ring substituents is 1. The molecule has 0 amide bonds. The molecule has 3 aromatic rings. The molecule has 2 N–H and O–H groups in total. The molecular weight excluding hydrogens is 480 g/mol. The summed E-state index contributed by atoms with van der Waals surface area (Å²) in [5.74, 6) is -0.00842. The number of hydrogen-bond acceptors (Lipinski definition) is 7. The number of anilines is 1. The van der Waals surface area contributed by atoms with Crippen molar-refractivity contribution in [3.05, 3.63) is 122 Å². The summed E-state index contributed by atoms with van der Waals surface area (Å²) in [5, 5.41) is 21.9. The number of nitriles is 1. The number of carbonyl (C=O) groups is 1. The normalized spacial score (nSPS) is 19.2. The second-order valence-electron chi connectivity index (χ2n) is 9.48. The van der Waals surface area contributed by atoms with Crippen molar-refractivity contribution in [3.63, 3.8) is 0 Å². The Balaban J connectivity index is 1.75. The van der Waals surface area contributed by atoms with Crippen LogP contribution in [0.5, 0.6) is 5.75 Å². The number of nitrogens with two attached hydrogens (primary N) is 1. The number of Topliss-reactive ketones (excluding diaryl/α,β-unsaturated/α-hetero) is 1. The smallest absolute Gasteiger partial charge is 0.271 e. The summed E-state index contributed by atoms with van der Waals surface area (Å²) in [7, 11) is 1.57. The summed E-state index contributed by atoms with van der Waals surface area (Å²) < 4.78 is 5.30. The molecule has 0 unspecified atom stereocenters. The fourth-order valence-corrected chi connectivity index (χ4v) is 5.45. The standard InChI is InChI=1S/C30H26N4O4/c1-18-8-11-22(34(36)37)16-25(18)33-26-14-21(19-6-4-3-5-7-19)15-27(35)29(26)28(24(17-31)30(33)32)20-9-12-23(38-2)13-10-20/h3-13,16,21,28H,14-15,32H2,1-2H3/t21-,28-/m1/s1. The third-order valence-corrected chi connectivity index (χ3v) is 7.33. The molecule has 0 aromatic heterocycles. The molecule has 1 heterocycles. The lowest BCUT2D eigenvalue weighted by Crippen LogP contribution is -2.40. The van der Waals surface area contributed by atoms with Gasteiger partial charge in [-0.05, 0) is 48.1 Å². The number of rotatable bonds is 5. The number of ether oxygens (including phenoxy) is 1. The number of methoxy groups -OCH3 is 1. The largest absolute Gasteiger partial charge is 0.497 e. The Morgan fingerprint density at radius 2 is 1.76 bits per heavy atom. The first-order valence-corrected chi connectivity index (χ1v) is 12.2. The monoisotopic (exact) mass is 506 g/mol. The fourth-order valence-electron chi connectivity index (χ4n) is 5.45. The van der Waals surface area contributed by atoms with E-state index in [2.05, 4.69) is 6.07 Å². The molecule has 5 rings (SSSR count). The van der Waals surface area contributed by atoms with Crippen LogP contribution in [0.2, 0.25) is 0 Å². The molecule has 1 aliphatic heterocycles. The average molecular weight is 507 g/mol. The summed E-state index contributed by atoms with van der Waals surface area (Å²) in [6.45, 7) is 1.83. The van der Waals surface area contributed by atoms with Crippen LogP contribution in [-0.4, -0.2) is 17.8 Å². The van der Waals surface area contributed by atoms with E-state index < -0.39 is 10.8 Å². The van der Waals surface area contributed by atoms with E-state index in [-0.39, 0.29) is 35.2 Å². The molecule has 38 heavy (non-hydrogen) atoms. The lowest BCUT2D eigenvalue weighted by Gasteiger charge is -2.42. The van der Waals surface area contributed by atoms with Crippen molar-refractivity contribution in [2.45, 2.75) is 31.6 Å². The van der Waals surface area contributed by atoms with E-state index in [1.54, 1.807) is 30.2 Å². The van der Waals surface area contributed by atoms with Gasteiger partial charge in [-0.1, -0.05) is 48.5 Å². The number of hydrogen-bond donors (Lipinski definition) is 1. The van der Waals surface area contributed by atoms with Gasteiger partial charge >= 0.3 is 0 Å². The number of allylic oxidation sites excluding steroid dienone is 3. The van der Waals surface area contributed by atoms with Crippen LogP contribution < -0.4 is 15.4 Å². The molecule has 2 aliphatic rings. The molecule has 0 fully saturated rings. The van der Waals surface area contributed by atoms with Gasteiger partial charge in [0.2, 0.25) is 0 Å². The van der Waals surface area contributed by atoms with Crippen LogP contribution >= 0.6 is 0 Å². The number of ketones is 1. The van der Waals surface area contributed by atoms with E-state index in [9.17, 15) is 20.2 Å². The topological polar surface area (TPSA) is 122 Å². The molecule has 0 saturated carbocycles. The molecule has 0 spiro atoms. The fraction of sp³-hybridized carbons (Fsp3) is 0.200. The van der Waals surface area contributed by atoms with Gasteiger partial charge in [0.25, 0.3) is 5.69 Å². The van der Waals surface area contributed by atoms with Crippen LogP contribution in [0.25, 0.3) is 0 Å². The summed E-state index contributed by atoms with van der Waals surface area (Å²) in [5.41, 5.74) is 11.0. The van der Waals surface area contributed by atoms with Gasteiger partial charge in [0.15, 0.2) is 5.78 Å². The average Bonchev–Trinajstić information content (AvgIpc) is 2.93. The molecule has 2 atom stereocenters. The number of carbonyl (C=O) groups excluding carboxylic acids is 1. The van der Waals surface area contributed by atoms with Crippen molar-refractivity contribution in [1.82, 2.24) is 0 Å². The minimum Gasteiger partial charge on any atom is -0.497 e. The first-order valence-electron chi connectivity index (χ1n) is 12.2. The summed E-state index contributed by atoms with van der Waals surface area (Å²) in [6, 6.07) is 23.8. The van der Waals surface area contributed by atoms with E-state index in [0.29, 0.717) is 29.1 Å². The maximum atomic E-state index is 13.9. The molecule has 0 bridgehead atoms. The van der Waals surface area contributed by atoms with Gasteiger partial charge in [-0.15, -0.1) is 0 Å². The third kappa shape index (κ3) is 4.18. The van der Waals surface area contributed by atoms with E-state index in [1.807, 2.05) is 49.4 Å². The summed E-state index contributed by atoms with van der Waals surface area (Å²) in [6.07, 6.45) is 0.773. The van der Waals surface area contributed by atoms with Crippen molar-refractivity contribution in [3.8, 4) is 11.8 Å². The van der Waals surface area contributed by atoms with E-state index in [1.165, 1.54) is 12.1 Å². The van der Waals surface area contributed by atoms with Crippen LogP contribution in [-0.2, 0) is 4.79 Å². The van der Waals surface area contributed by atoms with Crippen molar-refractivity contribution in [1.29, 1.82) is 5.26 Å². The van der Waals surface area contributed by atoms with Crippen molar-refractivity contribution < 1.29 is 14.5 Å². The summed E-state index contributed by atoms with van der Waals surface area (Å²) in [4.78, 5) is 26.8. The predicted octanol–water partition coefficient (Wildman–Crippen LogP) is 5.61. The highest BCUT2D eigenvalue weighted by molar-refractivity contribution is 6.02. The molecule has 8 nitrogen and oxygen atoms in total. The quantitative estimate of drug-likeness (QED) is 0.352. The van der Waals surface area contributed by atoms with Crippen LogP contribution in [0.4, 0.5) is 11.4 Å². The number of nitrogens with zero attached hydrogens (tertiary/aromatic N) is 3. The zero-order valence-corrected chi connectivity index (χ0v) is 21.0. The molecule has 0 radical (unpaired) electrons. The van der Waals surface area contributed by atoms with Gasteiger partial charge in [-0.3, -0.25) is 19.8 Å². The highest BCUT2D eigenvalue weighted by Crippen LogP contribution is 2.50. The third-order valence-electron chi connectivity index (χ3n) is 7.33. The van der Waals surface area contributed by atoms with Crippen LogP contribution in [0.15, 0.2) is 95.5 Å². The number of nitro groups is 1. The second-order valence-corrected chi connectivity index (χ2v) is 9.48. The van der Waals surface area contributed by atoms with Gasteiger partial charge < -0.3 is 10.5 Å². The van der Waals surface area contributed by atoms with E-state index in [0.717, 1.165) is 16.7 Å². The van der Waals surface area contributed by atoms with Gasteiger partial charge in [-0.25, -0.2) is 0 Å². The lowest BCUT2D eigenvalue weighted by atomic mass is 9.71. The van der Waals surface area contributed by atoms with E-state index in [4.69, 9.17) is 10.5 Å². The second kappa shape index (κ2) is 9.87. The van der Waals surface area contributed by atoms with E-state index >= 15 is 0 Å². The molecule has 3 aromatic carbocycles. The first kappa shape index (κ1) is 24.8. The number of nitro benzene ring substituents is 1. The molecule has 1 aliphatic carbocycles.